The van der Waals surface area contributed by atoms with Crippen molar-refractivity contribution in [3.63, 3.8) is 0 Å². The molecule has 2 aromatic rings. The zero-order chi connectivity index (χ0) is 15.4. The van der Waals surface area contributed by atoms with Gasteiger partial charge in [-0.05, 0) is 26.0 Å². The number of hydrogen-bond donors (Lipinski definition) is 2. The molecule has 6 nitrogen and oxygen atoms in total. The average Bonchev–Trinajstić information content (AvgIpc) is 3.05. The number of aromatic carboxylic acids is 1. The third-order valence-electron chi connectivity index (χ3n) is 2.93. The summed E-state index contributed by atoms with van der Waals surface area (Å²) in [6.07, 6.45) is 2.42. The predicted molar refractivity (Wildman–Crippen MR) is 77.4 cm³/mol. The first kappa shape index (κ1) is 15.2. The maximum absolute atomic E-state index is 11.9. The molecule has 112 valence electrons. The van der Waals surface area contributed by atoms with Crippen molar-refractivity contribution in [3.8, 4) is 0 Å². The van der Waals surface area contributed by atoms with E-state index in [4.69, 9.17) is 9.52 Å². The van der Waals surface area contributed by atoms with E-state index in [0.29, 0.717) is 23.5 Å². The lowest BCUT2D eigenvalue weighted by Crippen LogP contribution is -2.26. The molecule has 0 saturated carbocycles. The minimum atomic E-state index is -0.993. The summed E-state index contributed by atoms with van der Waals surface area (Å²) >= 11 is 1.09. The Morgan fingerprint density at radius 1 is 1.52 bits per heavy atom. The number of rotatable bonds is 6. The minimum absolute atomic E-state index is 0.122. The molecule has 1 amide bonds. The van der Waals surface area contributed by atoms with Crippen LogP contribution in [0.5, 0.6) is 0 Å². The van der Waals surface area contributed by atoms with Crippen molar-refractivity contribution in [3.05, 3.63) is 39.7 Å². The third kappa shape index (κ3) is 3.91. The van der Waals surface area contributed by atoms with Gasteiger partial charge in [-0.25, -0.2) is 9.78 Å². The van der Waals surface area contributed by atoms with Gasteiger partial charge in [0.2, 0.25) is 5.91 Å². The Morgan fingerprint density at radius 3 is 2.86 bits per heavy atom. The Hall–Kier alpha value is -2.15. The van der Waals surface area contributed by atoms with Crippen LogP contribution in [0.1, 0.15) is 45.5 Å². The number of amides is 1. The van der Waals surface area contributed by atoms with Gasteiger partial charge in [0, 0.05) is 12.8 Å². The van der Waals surface area contributed by atoms with E-state index in [-0.39, 0.29) is 16.8 Å². The van der Waals surface area contributed by atoms with Crippen LogP contribution in [-0.2, 0) is 11.2 Å². The molecular formula is C14H16N2O4S. The maximum Gasteiger partial charge on any atom is 0.347 e. The SMILES string of the molecule is Cc1nc(C(C)NC(=O)CCc2ccco2)sc1C(=O)O. The smallest absolute Gasteiger partial charge is 0.347 e. The van der Waals surface area contributed by atoms with Gasteiger partial charge in [0.15, 0.2) is 0 Å². The van der Waals surface area contributed by atoms with E-state index in [2.05, 4.69) is 10.3 Å². The molecule has 21 heavy (non-hydrogen) atoms. The lowest BCUT2D eigenvalue weighted by Gasteiger charge is -2.10. The minimum Gasteiger partial charge on any atom is -0.477 e. The molecule has 0 bridgehead atoms. The van der Waals surface area contributed by atoms with E-state index in [0.717, 1.165) is 17.1 Å². The topological polar surface area (TPSA) is 92.4 Å². The second-order valence-electron chi connectivity index (χ2n) is 4.64. The molecule has 1 atom stereocenters. The molecule has 0 aliphatic carbocycles. The van der Waals surface area contributed by atoms with Gasteiger partial charge in [0.1, 0.15) is 15.6 Å². The second kappa shape index (κ2) is 6.53. The van der Waals surface area contributed by atoms with Gasteiger partial charge < -0.3 is 14.8 Å². The summed E-state index contributed by atoms with van der Waals surface area (Å²) in [5.74, 6) is -0.354. The fourth-order valence-electron chi connectivity index (χ4n) is 1.87. The van der Waals surface area contributed by atoms with Crippen molar-refractivity contribution in [1.29, 1.82) is 0 Å². The van der Waals surface area contributed by atoms with E-state index < -0.39 is 5.97 Å². The summed E-state index contributed by atoms with van der Waals surface area (Å²) in [6.45, 7) is 3.43. The number of nitrogens with zero attached hydrogens (tertiary/aromatic N) is 1. The first-order valence-electron chi connectivity index (χ1n) is 6.49. The van der Waals surface area contributed by atoms with Gasteiger partial charge in [-0.3, -0.25) is 4.79 Å². The highest BCUT2D eigenvalue weighted by Gasteiger charge is 2.19. The number of carboxylic acid groups (broad SMARTS) is 1. The molecule has 2 N–H and O–H groups in total. The number of furan rings is 1. The van der Waals surface area contributed by atoms with Crippen molar-refractivity contribution in [1.82, 2.24) is 10.3 Å². The molecule has 1 unspecified atom stereocenters. The quantitative estimate of drug-likeness (QED) is 0.855. The molecule has 0 fully saturated rings. The van der Waals surface area contributed by atoms with Crippen LogP contribution in [0.15, 0.2) is 22.8 Å². The predicted octanol–water partition coefficient (Wildman–Crippen LogP) is 2.55. The molecule has 0 radical (unpaired) electrons. The largest absolute Gasteiger partial charge is 0.477 e. The summed E-state index contributed by atoms with van der Waals surface area (Å²) in [7, 11) is 0. The van der Waals surface area contributed by atoms with Crippen LogP contribution >= 0.6 is 11.3 Å². The first-order valence-corrected chi connectivity index (χ1v) is 7.31. The fraction of sp³-hybridized carbons (Fsp3) is 0.357. The maximum atomic E-state index is 11.9. The van der Waals surface area contributed by atoms with Crippen LogP contribution in [0, 0.1) is 6.92 Å². The number of hydrogen-bond acceptors (Lipinski definition) is 5. The standard InChI is InChI=1S/C14H16N2O4S/c1-8-12(14(18)19)21-13(16-8)9(2)15-11(17)6-5-10-4-3-7-20-10/h3-4,7,9H,5-6H2,1-2H3,(H,15,17)(H,18,19). The number of aryl methyl sites for hydroxylation is 2. The number of carbonyl (C=O) groups excluding carboxylic acids is 1. The van der Waals surface area contributed by atoms with E-state index >= 15 is 0 Å². The lowest BCUT2D eigenvalue weighted by atomic mass is 10.2. The van der Waals surface area contributed by atoms with Gasteiger partial charge in [0.05, 0.1) is 18.0 Å². The van der Waals surface area contributed by atoms with Crippen molar-refractivity contribution in [2.75, 3.05) is 0 Å². The second-order valence-corrected chi connectivity index (χ2v) is 5.67. The van der Waals surface area contributed by atoms with Crippen LogP contribution in [0.25, 0.3) is 0 Å². The molecule has 2 rings (SSSR count). The number of carboxylic acids is 1. The Morgan fingerprint density at radius 2 is 2.29 bits per heavy atom. The van der Waals surface area contributed by atoms with Crippen molar-refractivity contribution >= 4 is 23.2 Å². The highest BCUT2D eigenvalue weighted by molar-refractivity contribution is 7.13. The van der Waals surface area contributed by atoms with Gasteiger partial charge in [-0.2, -0.15) is 0 Å². The Kier molecular flexibility index (Phi) is 4.74. The van der Waals surface area contributed by atoms with Crippen molar-refractivity contribution in [2.24, 2.45) is 0 Å². The normalized spacial score (nSPS) is 12.1. The Bertz CT molecular complexity index is 633. The Labute approximate surface area is 125 Å². The lowest BCUT2D eigenvalue weighted by molar-refractivity contribution is -0.121. The highest BCUT2D eigenvalue weighted by Crippen LogP contribution is 2.23. The van der Waals surface area contributed by atoms with Crippen molar-refractivity contribution < 1.29 is 19.1 Å². The van der Waals surface area contributed by atoms with Gasteiger partial charge >= 0.3 is 5.97 Å². The van der Waals surface area contributed by atoms with Crippen LogP contribution < -0.4 is 5.32 Å². The number of nitrogens with one attached hydrogen (secondary N) is 1. The molecule has 0 aromatic carbocycles. The molecule has 0 spiro atoms. The van der Waals surface area contributed by atoms with Crippen LogP contribution in [0.3, 0.4) is 0 Å². The molecular weight excluding hydrogens is 292 g/mol. The number of aromatic nitrogens is 1. The zero-order valence-electron chi connectivity index (χ0n) is 11.8. The summed E-state index contributed by atoms with van der Waals surface area (Å²) in [5.41, 5.74) is 0.471. The van der Waals surface area contributed by atoms with Crippen LogP contribution in [0.2, 0.25) is 0 Å². The molecule has 2 aromatic heterocycles. The summed E-state index contributed by atoms with van der Waals surface area (Å²) in [4.78, 5) is 27.3. The zero-order valence-corrected chi connectivity index (χ0v) is 12.6. The number of carbonyl (C=O) groups is 2. The van der Waals surface area contributed by atoms with E-state index in [9.17, 15) is 9.59 Å². The first-order chi connectivity index (χ1) is 9.97. The molecule has 0 aliphatic heterocycles. The third-order valence-corrected chi connectivity index (χ3v) is 4.26. The Balaban J connectivity index is 1.91. The van der Waals surface area contributed by atoms with Gasteiger partial charge in [0.25, 0.3) is 0 Å². The monoisotopic (exact) mass is 308 g/mol. The summed E-state index contributed by atoms with van der Waals surface area (Å²) in [5, 5.41) is 12.4. The average molecular weight is 308 g/mol. The van der Waals surface area contributed by atoms with E-state index in [1.165, 1.54) is 0 Å². The molecule has 0 saturated heterocycles. The van der Waals surface area contributed by atoms with E-state index in [1.807, 2.05) is 6.07 Å². The summed E-state index contributed by atoms with van der Waals surface area (Å²) in [6, 6.07) is 3.28. The van der Waals surface area contributed by atoms with Gasteiger partial charge in [-0.15, -0.1) is 11.3 Å². The highest BCUT2D eigenvalue weighted by atomic mass is 32.1. The van der Waals surface area contributed by atoms with Crippen LogP contribution in [-0.4, -0.2) is 22.0 Å². The molecule has 0 aliphatic rings. The van der Waals surface area contributed by atoms with Gasteiger partial charge in [-0.1, -0.05) is 0 Å². The number of thiazole rings is 1. The molecule has 7 heteroatoms. The van der Waals surface area contributed by atoms with Crippen LogP contribution in [0.4, 0.5) is 0 Å². The molecule has 2 heterocycles. The van der Waals surface area contributed by atoms with E-state index in [1.54, 1.807) is 26.2 Å². The summed E-state index contributed by atoms with van der Waals surface area (Å²) < 4.78 is 5.16. The van der Waals surface area contributed by atoms with Crippen molar-refractivity contribution in [2.45, 2.75) is 32.7 Å². The fourth-order valence-corrected chi connectivity index (χ4v) is 2.78.